The number of hydrogen-bond acceptors (Lipinski definition) is 4. The maximum Gasteiger partial charge on any atom is 0.251 e. The number of amides is 2. The molecule has 2 N–H and O–H groups in total. The second-order valence-electron chi connectivity index (χ2n) is 6.72. The molecule has 2 unspecified atom stereocenters. The predicted molar refractivity (Wildman–Crippen MR) is 103 cm³/mol. The zero-order valence-electron chi connectivity index (χ0n) is 15.7. The van der Waals surface area contributed by atoms with E-state index in [2.05, 4.69) is 17.6 Å². The van der Waals surface area contributed by atoms with Gasteiger partial charge in [0.2, 0.25) is 5.91 Å². The van der Waals surface area contributed by atoms with Gasteiger partial charge in [-0.25, -0.2) is 0 Å². The van der Waals surface area contributed by atoms with Gasteiger partial charge in [0.25, 0.3) is 5.91 Å². The molecule has 2 atom stereocenters. The fraction of sp³-hybridized carbons (Fsp3) is 0.333. The van der Waals surface area contributed by atoms with Crippen molar-refractivity contribution in [1.29, 1.82) is 0 Å². The van der Waals surface area contributed by atoms with E-state index in [4.69, 9.17) is 9.47 Å². The van der Waals surface area contributed by atoms with Crippen LogP contribution in [0, 0.1) is 11.8 Å². The fourth-order valence-electron chi connectivity index (χ4n) is 3.00. The minimum Gasteiger partial charge on any atom is -0.493 e. The predicted octanol–water partition coefficient (Wildman–Crippen LogP) is 3.23. The normalized spacial score (nSPS) is 17.7. The number of hydrogen-bond donors (Lipinski definition) is 2. The monoisotopic (exact) mass is 368 g/mol. The Bertz CT molecular complexity index is 833. The van der Waals surface area contributed by atoms with Crippen molar-refractivity contribution in [3.63, 3.8) is 0 Å². The molecule has 3 rings (SSSR count). The van der Waals surface area contributed by atoms with Crippen LogP contribution in [0.1, 0.15) is 29.3 Å². The van der Waals surface area contributed by atoms with Crippen molar-refractivity contribution < 1.29 is 19.1 Å². The lowest BCUT2D eigenvalue weighted by Crippen LogP contribution is -2.23. The van der Waals surface area contributed by atoms with Crippen LogP contribution in [0.2, 0.25) is 0 Å². The third kappa shape index (κ3) is 4.39. The lowest BCUT2D eigenvalue weighted by atomic mass is 10.1. The first-order valence-electron chi connectivity index (χ1n) is 8.92. The number of nitrogens with one attached hydrogen (secondary N) is 2. The molecule has 1 aliphatic rings. The average molecular weight is 368 g/mol. The second kappa shape index (κ2) is 8.12. The quantitative estimate of drug-likeness (QED) is 0.787. The van der Waals surface area contributed by atoms with E-state index in [-0.39, 0.29) is 17.7 Å². The third-order valence-electron chi connectivity index (χ3n) is 4.78. The topological polar surface area (TPSA) is 76.7 Å². The molecule has 1 fully saturated rings. The zero-order valence-corrected chi connectivity index (χ0v) is 15.7. The Hall–Kier alpha value is -3.02. The summed E-state index contributed by atoms with van der Waals surface area (Å²) in [4.78, 5) is 24.4. The van der Waals surface area contributed by atoms with Gasteiger partial charge in [-0.15, -0.1) is 0 Å². The van der Waals surface area contributed by atoms with Crippen molar-refractivity contribution in [2.24, 2.45) is 11.8 Å². The summed E-state index contributed by atoms with van der Waals surface area (Å²) in [5, 5.41) is 5.76. The van der Waals surface area contributed by atoms with Crippen LogP contribution >= 0.6 is 0 Å². The van der Waals surface area contributed by atoms with E-state index in [0.717, 1.165) is 12.0 Å². The molecule has 0 aliphatic heterocycles. The molecule has 2 aromatic rings. The van der Waals surface area contributed by atoms with Gasteiger partial charge in [-0.05, 0) is 42.7 Å². The Labute approximate surface area is 158 Å². The van der Waals surface area contributed by atoms with Gasteiger partial charge < -0.3 is 20.1 Å². The van der Waals surface area contributed by atoms with Crippen LogP contribution in [-0.4, -0.2) is 26.0 Å². The summed E-state index contributed by atoms with van der Waals surface area (Å²) in [6.45, 7) is 2.38. The molecule has 6 heteroatoms. The van der Waals surface area contributed by atoms with Gasteiger partial charge in [-0.2, -0.15) is 0 Å². The fourth-order valence-corrected chi connectivity index (χ4v) is 3.00. The highest BCUT2D eigenvalue weighted by Crippen LogP contribution is 2.38. The number of methoxy groups -OCH3 is 2. The first-order valence-corrected chi connectivity index (χ1v) is 8.92. The third-order valence-corrected chi connectivity index (χ3v) is 4.78. The molecule has 0 radical (unpaired) electrons. The lowest BCUT2D eigenvalue weighted by molar-refractivity contribution is -0.117. The second-order valence-corrected chi connectivity index (χ2v) is 6.72. The van der Waals surface area contributed by atoms with Crippen LogP contribution in [0.25, 0.3) is 0 Å². The summed E-state index contributed by atoms with van der Waals surface area (Å²) in [5.41, 5.74) is 2.05. The van der Waals surface area contributed by atoms with Gasteiger partial charge in [0, 0.05) is 29.3 Å². The van der Waals surface area contributed by atoms with Crippen LogP contribution < -0.4 is 20.1 Å². The molecule has 1 saturated carbocycles. The summed E-state index contributed by atoms with van der Waals surface area (Å²) in [6, 6.07) is 12.4. The summed E-state index contributed by atoms with van der Waals surface area (Å²) < 4.78 is 10.6. The molecule has 0 bridgehead atoms. The molecule has 142 valence electrons. The molecule has 27 heavy (non-hydrogen) atoms. The van der Waals surface area contributed by atoms with Crippen molar-refractivity contribution >= 4 is 17.5 Å². The average Bonchev–Trinajstić information content (AvgIpc) is 3.43. The highest BCUT2D eigenvalue weighted by molar-refractivity contribution is 5.97. The Morgan fingerprint density at radius 2 is 1.78 bits per heavy atom. The standard InChI is InChI=1S/C21H24N2O4/c1-13-11-17(13)21(25)23-16-9-7-14(8-10-16)20(24)22-12-15-5-4-6-18(26-2)19(15)27-3/h4-10,13,17H,11-12H2,1-3H3,(H,22,24)(H,23,25). The van der Waals surface area contributed by atoms with E-state index in [1.54, 1.807) is 44.6 Å². The van der Waals surface area contributed by atoms with E-state index in [9.17, 15) is 9.59 Å². The van der Waals surface area contributed by atoms with E-state index in [0.29, 0.717) is 35.2 Å². The molecule has 0 aromatic heterocycles. The van der Waals surface area contributed by atoms with Gasteiger partial charge in [-0.1, -0.05) is 19.1 Å². The number of rotatable bonds is 7. The molecular weight excluding hydrogens is 344 g/mol. The molecular formula is C21H24N2O4. The molecule has 6 nitrogen and oxygen atoms in total. The van der Waals surface area contributed by atoms with E-state index < -0.39 is 0 Å². The molecule has 1 aliphatic carbocycles. The van der Waals surface area contributed by atoms with Gasteiger partial charge in [0.05, 0.1) is 14.2 Å². The lowest BCUT2D eigenvalue weighted by Gasteiger charge is -2.13. The molecule has 2 aromatic carbocycles. The van der Waals surface area contributed by atoms with Crippen molar-refractivity contribution in [2.45, 2.75) is 19.9 Å². The summed E-state index contributed by atoms with van der Waals surface area (Å²) in [6.07, 6.45) is 0.945. The van der Waals surface area contributed by atoms with Crippen LogP contribution in [0.3, 0.4) is 0 Å². The smallest absolute Gasteiger partial charge is 0.251 e. The minimum absolute atomic E-state index is 0.0461. The zero-order chi connectivity index (χ0) is 19.4. The molecule has 0 heterocycles. The van der Waals surface area contributed by atoms with E-state index in [1.807, 2.05) is 12.1 Å². The van der Waals surface area contributed by atoms with Crippen LogP contribution in [0.4, 0.5) is 5.69 Å². The van der Waals surface area contributed by atoms with Crippen LogP contribution in [0.5, 0.6) is 11.5 Å². The van der Waals surface area contributed by atoms with Crippen molar-refractivity contribution in [1.82, 2.24) is 5.32 Å². The first kappa shape index (κ1) is 18.8. The van der Waals surface area contributed by atoms with Gasteiger partial charge >= 0.3 is 0 Å². The number of anilines is 1. The number of carbonyl (C=O) groups excluding carboxylic acids is 2. The first-order chi connectivity index (χ1) is 13.0. The highest BCUT2D eigenvalue weighted by atomic mass is 16.5. The van der Waals surface area contributed by atoms with Crippen LogP contribution in [-0.2, 0) is 11.3 Å². The minimum atomic E-state index is -0.200. The maximum absolute atomic E-state index is 12.4. The van der Waals surface area contributed by atoms with Crippen molar-refractivity contribution in [2.75, 3.05) is 19.5 Å². The Kier molecular flexibility index (Phi) is 5.64. The van der Waals surface area contributed by atoms with Gasteiger partial charge in [0.1, 0.15) is 0 Å². The van der Waals surface area contributed by atoms with Crippen molar-refractivity contribution in [3.05, 3.63) is 53.6 Å². The summed E-state index contributed by atoms with van der Waals surface area (Å²) in [7, 11) is 3.14. The number of para-hydroxylation sites is 1. The van der Waals surface area contributed by atoms with Gasteiger partial charge in [0.15, 0.2) is 11.5 Å². The SMILES string of the molecule is COc1cccc(CNC(=O)c2ccc(NC(=O)C3CC3C)cc2)c1OC. The van der Waals surface area contributed by atoms with Crippen LogP contribution in [0.15, 0.2) is 42.5 Å². The van der Waals surface area contributed by atoms with Gasteiger partial charge in [-0.3, -0.25) is 9.59 Å². The molecule has 2 amide bonds. The molecule has 0 saturated heterocycles. The number of benzene rings is 2. The Morgan fingerprint density at radius 3 is 2.37 bits per heavy atom. The highest BCUT2D eigenvalue weighted by Gasteiger charge is 2.39. The van der Waals surface area contributed by atoms with Crippen molar-refractivity contribution in [3.8, 4) is 11.5 Å². The van der Waals surface area contributed by atoms with E-state index in [1.165, 1.54) is 0 Å². The maximum atomic E-state index is 12.4. The number of carbonyl (C=O) groups is 2. The summed E-state index contributed by atoms with van der Waals surface area (Å²) in [5.74, 6) is 1.65. The Balaban J connectivity index is 1.59. The summed E-state index contributed by atoms with van der Waals surface area (Å²) >= 11 is 0. The molecule has 0 spiro atoms. The Morgan fingerprint density at radius 1 is 1.07 bits per heavy atom. The van der Waals surface area contributed by atoms with E-state index >= 15 is 0 Å². The number of ether oxygens (including phenoxy) is 2. The largest absolute Gasteiger partial charge is 0.493 e.